The molecule has 0 atom stereocenters. The first-order valence-electron chi connectivity index (χ1n) is 5.93. The van der Waals surface area contributed by atoms with Gasteiger partial charge in [-0.15, -0.1) is 0 Å². The lowest BCUT2D eigenvalue weighted by molar-refractivity contribution is -0.137. The smallest absolute Gasteiger partial charge is 0.207 e. The van der Waals surface area contributed by atoms with Gasteiger partial charge >= 0.3 is 6.18 Å². The van der Waals surface area contributed by atoms with Crippen LogP contribution in [-0.4, -0.2) is 31.5 Å². The van der Waals surface area contributed by atoms with E-state index in [0.717, 1.165) is 12.1 Å². The maximum atomic E-state index is 12.6. The minimum Gasteiger partial charge on any atom is -0.207 e. The number of hydrogen-bond donors (Lipinski definition) is 0. The summed E-state index contributed by atoms with van der Waals surface area (Å²) in [7, 11) is -4.30. The summed E-state index contributed by atoms with van der Waals surface area (Å²) in [5.74, 6) is 0. The van der Waals surface area contributed by atoms with E-state index in [9.17, 15) is 21.6 Å². The molecule has 1 aromatic rings. The standard InChI is InChI=1S/C12H10ClF3N2O2S/c13-11-5-10(4-1-8(11)6-17)21(19,20)18(9-2-3-9)7-12(14,15)16/h1,4-5,9H,2-3,7H2. The highest BCUT2D eigenvalue weighted by Gasteiger charge is 2.44. The number of hydrogen-bond acceptors (Lipinski definition) is 3. The molecule has 21 heavy (non-hydrogen) atoms. The topological polar surface area (TPSA) is 61.2 Å². The van der Waals surface area contributed by atoms with Crippen LogP contribution in [0.25, 0.3) is 0 Å². The Kier molecular flexibility index (Phi) is 4.19. The third-order valence-electron chi connectivity index (χ3n) is 2.96. The largest absolute Gasteiger partial charge is 0.402 e. The van der Waals surface area contributed by atoms with Crippen LogP contribution >= 0.6 is 11.6 Å². The summed E-state index contributed by atoms with van der Waals surface area (Å²) in [6.07, 6.45) is -3.81. The van der Waals surface area contributed by atoms with Gasteiger partial charge in [0.15, 0.2) is 0 Å². The fraction of sp³-hybridized carbons (Fsp3) is 0.417. The van der Waals surface area contributed by atoms with Crippen molar-refractivity contribution in [1.29, 1.82) is 5.26 Å². The summed E-state index contributed by atoms with van der Waals surface area (Å²) in [5.41, 5.74) is 0.0596. The van der Waals surface area contributed by atoms with Gasteiger partial charge in [0.25, 0.3) is 0 Å². The van der Waals surface area contributed by atoms with Gasteiger partial charge < -0.3 is 0 Å². The van der Waals surface area contributed by atoms with Crippen molar-refractivity contribution in [2.24, 2.45) is 0 Å². The Hall–Kier alpha value is -1.30. The van der Waals surface area contributed by atoms with Crippen molar-refractivity contribution in [3.05, 3.63) is 28.8 Å². The summed E-state index contributed by atoms with van der Waals surface area (Å²) < 4.78 is 62.8. The van der Waals surface area contributed by atoms with Gasteiger partial charge in [-0.05, 0) is 31.0 Å². The van der Waals surface area contributed by atoms with E-state index in [1.165, 1.54) is 6.07 Å². The van der Waals surface area contributed by atoms with Crippen LogP contribution in [0.3, 0.4) is 0 Å². The molecule has 0 bridgehead atoms. The second-order valence-corrected chi connectivity index (χ2v) is 6.95. The summed E-state index contributed by atoms with van der Waals surface area (Å²) in [5, 5.41) is 8.62. The lowest BCUT2D eigenvalue weighted by Crippen LogP contribution is -2.40. The lowest BCUT2D eigenvalue weighted by atomic mass is 10.2. The lowest BCUT2D eigenvalue weighted by Gasteiger charge is -2.23. The average Bonchev–Trinajstić information content (AvgIpc) is 3.18. The highest BCUT2D eigenvalue weighted by atomic mass is 35.5. The average molecular weight is 339 g/mol. The van der Waals surface area contributed by atoms with Crippen LogP contribution in [-0.2, 0) is 10.0 Å². The van der Waals surface area contributed by atoms with Crippen LogP contribution < -0.4 is 0 Å². The molecule has 1 saturated carbocycles. The maximum Gasteiger partial charge on any atom is 0.402 e. The first-order valence-corrected chi connectivity index (χ1v) is 7.75. The van der Waals surface area contributed by atoms with Gasteiger partial charge in [-0.3, -0.25) is 0 Å². The number of nitriles is 1. The van der Waals surface area contributed by atoms with Gasteiger partial charge in [-0.25, -0.2) is 8.42 Å². The Bertz CT molecular complexity index is 693. The molecule has 0 unspecified atom stereocenters. The predicted octanol–water partition coefficient (Wildman–Crippen LogP) is 2.93. The van der Waals surface area contributed by atoms with Crippen LogP contribution in [0.5, 0.6) is 0 Å². The van der Waals surface area contributed by atoms with Crippen LogP contribution in [0.2, 0.25) is 5.02 Å². The zero-order chi connectivity index (χ0) is 15.8. The molecule has 4 nitrogen and oxygen atoms in total. The Labute approximate surface area is 124 Å². The molecule has 0 radical (unpaired) electrons. The molecule has 0 spiro atoms. The first kappa shape index (κ1) is 16.1. The SMILES string of the molecule is N#Cc1ccc(S(=O)(=O)N(CC(F)(F)F)C2CC2)cc1Cl. The molecule has 9 heteroatoms. The highest BCUT2D eigenvalue weighted by molar-refractivity contribution is 7.89. The Morgan fingerprint density at radius 1 is 1.38 bits per heavy atom. The zero-order valence-corrected chi connectivity index (χ0v) is 12.1. The van der Waals surface area contributed by atoms with Gasteiger partial charge in [0.1, 0.15) is 12.6 Å². The van der Waals surface area contributed by atoms with E-state index in [1.54, 1.807) is 6.07 Å². The fourth-order valence-electron chi connectivity index (χ4n) is 1.83. The van der Waals surface area contributed by atoms with Gasteiger partial charge in [0, 0.05) is 6.04 Å². The van der Waals surface area contributed by atoms with Gasteiger partial charge in [0.05, 0.1) is 15.5 Å². The quantitative estimate of drug-likeness (QED) is 0.848. The first-order chi connectivity index (χ1) is 9.65. The number of benzene rings is 1. The summed E-state index contributed by atoms with van der Waals surface area (Å²) >= 11 is 5.74. The fourth-order valence-corrected chi connectivity index (χ4v) is 3.82. The molecule has 0 N–H and O–H groups in total. The van der Waals surface area contributed by atoms with E-state index in [2.05, 4.69) is 0 Å². The third kappa shape index (κ3) is 3.67. The minimum atomic E-state index is -4.62. The van der Waals surface area contributed by atoms with E-state index in [4.69, 9.17) is 16.9 Å². The monoisotopic (exact) mass is 338 g/mol. The van der Waals surface area contributed by atoms with E-state index < -0.39 is 28.8 Å². The van der Waals surface area contributed by atoms with Crippen LogP contribution in [0.1, 0.15) is 18.4 Å². The van der Waals surface area contributed by atoms with Gasteiger partial charge in [-0.1, -0.05) is 11.6 Å². The van der Waals surface area contributed by atoms with Crippen LogP contribution in [0.4, 0.5) is 13.2 Å². The highest BCUT2D eigenvalue weighted by Crippen LogP contribution is 2.35. The van der Waals surface area contributed by atoms with Crippen molar-refractivity contribution in [2.45, 2.75) is 30.0 Å². The molecular weight excluding hydrogens is 329 g/mol. The summed E-state index contributed by atoms with van der Waals surface area (Å²) in [6.45, 7) is -1.53. The normalized spacial score (nSPS) is 16.0. The van der Waals surface area contributed by atoms with E-state index in [-0.39, 0.29) is 15.5 Å². The summed E-state index contributed by atoms with van der Waals surface area (Å²) in [6, 6.07) is 4.39. The zero-order valence-electron chi connectivity index (χ0n) is 10.6. The molecule has 114 valence electrons. The number of nitrogens with zero attached hydrogens (tertiary/aromatic N) is 2. The minimum absolute atomic E-state index is 0.0596. The molecular formula is C12H10ClF3N2O2S. The van der Waals surface area contributed by atoms with Crippen molar-refractivity contribution in [1.82, 2.24) is 4.31 Å². The van der Waals surface area contributed by atoms with E-state index >= 15 is 0 Å². The molecule has 1 aliphatic rings. The molecule has 2 rings (SSSR count). The second kappa shape index (κ2) is 5.48. The van der Waals surface area contributed by atoms with Crippen molar-refractivity contribution >= 4 is 21.6 Å². The molecule has 1 fully saturated rings. The van der Waals surface area contributed by atoms with Crippen molar-refractivity contribution < 1.29 is 21.6 Å². The van der Waals surface area contributed by atoms with Gasteiger partial charge in [0.2, 0.25) is 10.0 Å². The Morgan fingerprint density at radius 2 is 2.00 bits per heavy atom. The Balaban J connectivity index is 2.39. The number of alkyl halides is 3. The van der Waals surface area contributed by atoms with Crippen molar-refractivity contribution in [3.8, 4) is 6.07 Å². The van der Waals surface area contributed by atoms with Crippen molar-refractivity contribution in [2.75, 3.05) is 6.54 Å². The summed E-state index contributed by atoms with van der Waals surface area (Å²) in [4.78, 5) is -0.345. The molecule has 0 amide bonds. The molecule has 1 aromatic carbocycles. The van der Waals surface area contributed by atoms with Crippen LogP contribution in [0.15, 0.2) is 23.1 Å². The van der Waals surface area contributed by atoms with Gasteiger partial charge in [-0.2, -0.15) is 22.7 Å². The third-order valence-corrected chi connectivity index (χ3v) is 5.16. The van der Waals surface area contributed by atoms with E-state index in [1.807, 2.05) is 0 Å². The predicted molar refractivity (Wildman–Crippen MR) is 69.1 cm³/mol. The van der Waals surface area contributed by atoms with Crippen molar-refractivity contribution in [3.63, 3.8) is 0 Å². The molecule has 0 aromatic heterocycles. The van der Waals surface area contributed by atoms with E-state index in [0.29, 0.717) is 17.1 Å². The number of sulfonamides is 1. The molecule has 0 aliphatic heterocycles. The molecule has 0 heterocycles. The Morgan fingerprint density at radius 3 is 2.43 bits per heavy atom. The maximum absolute atomic E-state index is 12.6. The van der Waals surface area contributed by atoms with Crippen LogP contribution in [0, 0.1) is 11.3 Å². The second-order valence-electron chi connectivity index (χ2n) is 4.65. The molecule has 1 aliphatic carbocycles. The number of rotatable bonds is 4. The number of halogens is 4. The molecule has 0 saturated heterocycles.